The van der Waals surface area contributed by atoms with Crippen LogP contribution < -0.4 is 0 Å². The Morgan fingerprint density at radius 1 is 0.316 bits per heavy atom. The Hall–Kier alpha value is -7.62. The molecule has 0 aliphatic rings. The standard InChI is InChI=1S/C54H35N3/c1-4-15-36(16-5-1)47-35-51(39-19-8-3-9-20-39)55-48-30-29-37-27-28-40(32-46(37)54(47)48)42-33-49(38-17-6-2-7-18-38)56-50(34-42)41-21-14-22-43(31-41)57-52-25-12-10-23-44(52)45-24-11-13-26-53(45)57/h1-35H. The highest BCUT2D eigenvalue weighted by molar-refractivity contribution is 6.15. The third kappa shape index (κ3) is 5.76. The van der Waals surface area contributed by atoms with Crippen LogP contribution in [-0.2, 0) is 0 Å². The topological polar surface area (TPSA) is 30.7 Å². The van der Waals surface area contributed by atoms with Gasteiger partial charge in [0, 0.05) is 38.5 Å². The molecule has 0 saturated heterocycles. The summed E-state index contributed by atoms with van der Waals surface area (Å²) < 4.78 is 2.37. The van der Waals surface area contributed by atoms with Gasteiger partial charge in [-0.25, -0.2) is 9.97 Å². The molecular weight excluding hydrogens is 691 g/mol. The van der Waals surface area contributed by atoms with E-state index in [1.54, 1.807) is 0 Å². The molecule has 3 aromatic heterocycles. The monoisotopic (exact) mass is 725 g/mol. The van der Waals surface area contributed by atoms with Gasteiger partial charge < -0.3 is 4.57 Å². The molecular formula is C54H35N3. The molecule has 3 nitrogen and oxygen atoms in total. The Kier molecular flexibility index (Phi) is 7.82. The molecule has 0 atom stereocenters. The van der Waals surface area contributed by atoms with Gasteiger partial charge in [0.1, 0.15) is 0 Å². The second-order valence-corrected chi connectivity index (χ2v) is 14.6. The third-order valence-electron chi connectivity index (χ3n) is 11.2. The highest BCUT2D eigenvalue weighted by Crippen LogP contribution is 2.40. The van der Waals surface area contributed by atoms with Crippen molar-refractivity contribution < 1.29 is 0 Å². The van der Waals surface area contributed by atoms with Crippen molar-refractivity contribution in [1.29, 1.82) is 0 Å². The van der Waals surface area contributed by atoms with Gasteiger partial charge >= 0.3 is 0 Å². The number of benzene rings is 8. The Morgan fingerprint density at radius 3 is 1.53 bits per heavy atom. The quantitative estimate of drug-likeness (QED) is 0.160. The Labute approximate surface area is 330 Å². The minimum absolute atomic E-state index is 0.922. The van der Waals surface area contributed by atoms with E-state index in [1.807, 2.05) is 6.07 Å². The fourth-order valence-electron chi connectivity index (χ4n) is 8.44. The summed E-state index contributed by atoms with van der Waals surface area (Å²) in [5.41, 5.74) is 15.1. The van der Waals surface area contributed by atoms with Crippen LogP contribution in [0.2, 0.25) is 0 Å². The number of para-hydroxylation sites is 2. The summed E-state index contributed by atoms with van der Waals surface area (Å²) in [5.74, 6) is 0. The van der Waals surface area contributed by atoms with E-state index in [2.05, 4.69) is 211 Å². The molecule has 8 aromatic carbocycles. The van der Waals surface area contributed by atoms with Crippen LogP contribution in [0.1, 0.15) is 0 Å². The van der Waals surface area contributed by atoms with E-state index in [-0.39, 0.29) is 0 Å². The lowest BCUT2D eigenvalue weighted by atomic mass is 9.92. The molecule has 0 spiro atoms. The van der Waals surface area contributed by atoms with Gasteiger partial charge in [-0.2, -0.15) is 0 Å². The minimum atomic E-state index is 0.922. The predicted octanol–water partition coefficient (Wildman–Crippen LogP) is 14.2. The molecule has 11 rings (SSSR count). The Morgan fingerprint density at radius 2 is 0.860 bits per heavy atom. The molecule has 3 heteroatoms. The summed E-state index contributed by atoms with van der Waals surface area (Å²) >= 11 is 0. The van der Waals surface area contributed by atoms with E-state index in [0.29, 0.717) is 0 Å². The van der Waals surface area contributed by atoms with Crippen LogP contribution in [0.5, 0.6) is 0 Å². The second-order valence-electron chi connectivity index (χ2n) is 14.6. The van der Waals surface area contributed by atoms with Gasteiger partial charge in [-0.3, -0.25) is 0 Å². The maximum atomic E-state index is 5.33. The molecule has 57 heavy (non-hydrogen) atoms. The SMILES string of the molecule is c1ccc(-c2cc(-c3ccc4ccc5nc(-c6ccccc6)cc(-c6ccccc6)c5c4c3)cc(-c3cccc(-n4c5ccccc5c5ccccc54)c3)n2)cc1. The number of pyridine rings is 2. The summed E-state index contributed by atoms with van der Waals surface area (Å²) in [6.07, 6.45) is 0. The average Bonchev–Trinajstić information content (AvgIpc) is 3.63. The normalized spacial score (nSPS) is 11.5. The van der Waals surface area contributed by atoms with E-state index in [4.69, 9.17) is 9.97 Å². The fraction of sp³-hybridized carbons (Fsp3) is 0. The van der Waals surface area contributed by atoms with E-state index in [0.717, 1.165) is 61.5 Å². The third-order valence-corrected chi connectivity index (χ3v) is 11.2. The maximum Gasteiger partial charge on any atom is 0.0722 e. The molecule has 266 valence electrons. The van der Waals surface area contributed by atoms with Crippen molar-refractivity contribution in [2.75, 3.05) is 0 Å². The first kappa shape index (κ1) is 32.8. The molecule has 0 bridgehead atoms. The minimum Gasteiger partial charge on any atom is -0.309 e. The lowest BCUT2D eigenvalue weighted by Gasteiger charge is -2.15. The van der Waals surface area contributed by atoms with Crippen molar-refractivity contribution in [3.63, 3.8) is 0 Å². The molecule has 0 unspecified atom stereocenters. The lowest BCUT2D eigenvalue weighted by Crippen LogP contribution is -1.96. The van der Waals surface area contributed by atoms with Gasteiger partial charge in [0.05, 0.1) is 33.6 Å². The van der Waals surface area contributed by atoms with Crippen LogP contribution in [0.4, 0.5) is 0 Å². The van der Waals surface area contributed by atoms with E-state index in [1.165, 1.54) is 43.7 Å². The predicted molar refractivity (Wildman–Crippen MR) is 239 cm³/mol. The highest BCUT2D eigenvalue weighted by Gasteiger charge is 2.17. The number of hydrogen-bond donors (Lipinski definition) is 0. The van der Waals surface area contributed by atoms with Gasteiger partial charge in [-0.05, 0) is 87.6 Å². The first-order valence-electron chi connectivity index (χ1n) is 19.4. The first-order valence-corrected chi connectivity index (χ1v) is 19.4. The summed E-state index contributed by atoms with van der Waals surface area (Å²) in [5, 5.41) is 5.99. The van der Waals surface area contributed by atoms with E-state index < -0.39 is 0 Å². The summed E-state index contributed by atoms with van der Waals surface area (Å²) in [6.45, 7) is 0. The van der Waals surface area contributed by atoms with Crippen molar-refractivity contribution in [3.8, 4) is 61.7 Å². The zero-order valence-corrected chi connectivity index (χ0v) is 31.0. The molecule has 0 radical (unpaired) electrons. The fourth-order valence-corrected chi connectivity index (χ4v) is 8.44. The average molecular weight is 726 g/mol. The number of nitrogens with zero attached hydrogens (tertiary/aromatic N) is 3. The van der Waals surface area contributed by atoms with Gasteiger partial charge in [-0.15, -0.1) is 0 Å². The van der Waals surface area contributed by atoms with Crippen LogP contribution in [0.15, 0.2) is 212 Å². The van der Waals surface area contributed by atoms with Gasteiger partial charge in [0.25, 0.3) is 0 Å². The van der Waals surface area contributed by atoms with E-state index >= 15 is 0 Å². The van der Waals surface area contributed by atoms with Gasteiger partial charge in [0.15, 0.2) is 0 Å². The highest BCUT2D eigenvalue weighted by atomic mass is 15.0. The molecule has 0 aliphatic heterocycles. The number of fused-ring (bicyclic) bond motifs is 6. The number of rotatable bonds is 6. The zero-order chi connectivity index (χ0) is 37.7. The van der Waals surface area contributed by atoms with Crippen LogP contribution in [0.25, 0.3) is 105 Å². The molecule has 0 amide bonds. The molecule has 3 heterocycles. The largest absolute Gasteiger partial charge is 0.309 e. The molecule has 0 aliphatic carbocycles. The Balaban J connectivity index is 1.11. The second kappa shape index (κ2) is 13.6. The van der Waals surface area contributed by atoms with Crippen LogP contribution in [0, 0.1) is 0 Å². The molecule has 11 aromatic rings. The van der Waals surface area contributed by atoms with Crippen LogP contribution in [-0.4, -0.2) is 14.5 Å². The van der Waals surface area contributed by atoms with Crippen molar-refractivity contribution >= 4 is 43.5 Å². The molecule has 0 saturated carbocycles. The number of aromatic nitrogens is 3. The Bertz CT molecular complexity index is 3220. The molecule has 0 N–H and O–H groups in total. The molecule has 0 fully saturated rings. The van der Waals surface area contributed by atoms with Crippen LogP contribution >= 0.6 is 0 Å². The van der Waals surface area contributed by atoms with Crippen molar-refractivity contribution in [1.82, 2.24) is 14.5 Å². The summed E-state index contributed by atoms with van der Waals surface area (Å²) in [6, 6.07) is 75.7. The van der Waals surface area contributed by atoms with Crippen LogP contribution in [0.3, 0.4) is 0 Å². The lowest BCUT2D eigenvalue weighted by molar-refractivity contribution is 1.18. The van der Waals surface area contributed by atoms with E-state index in [9.17, 15) is 0 Å². The summed E-state index contributed by atoms with van der Waals surface area (Å²) in [4.78, 5) is 10.6. The van der Waals surface area contributed by atoms with Gasteiger partial charge in [-0.1, -0.05) is 158 Å². The smallest absolute Gasteiger partial charge is 0.0722 e. The summed E-state index contributed by atoms with van der Waals surface area (Å²) in [7, 11) is 0. The number of hydrogen-bond acceptors (Lipinski definition) is 2. The van der Waals surface area contributed by atoms with Gasteiger partial charge in [0.2, 0.25) is 0 Å². The van der Waals surface area contributed by atoms with Crippen molar-refractivity contribution in [2.45, 2.75) is 0 Å². The first-order chi connectivity index (χ1) is 28.2. The van der Waals surface area contributed by atoms with Crippen molar-refractivity contribution in [3.05, 3.63) is 212 Å². The zero-order valence-electron chi connectivity index (χ0n) is 31.0. The maximum absolute atomic E-state index is 5.33. The van der Waals surface area contributed by atoms with Crippen molar-refractivity contribution in [2.24, 2.45) is 0 Å².